The van der Waals surface area contributed by atoms with Gasteiger partial charge in [-0.1, -0.05) is 37.0 Å². The Labute approximate surface area is 178 Å². The highest BCUT2D eigenvalue weighted by Gasteiger charge is 2.15. The molecule has 2 aromatic carbocycles. The molecule has 1 N–H and O–H groups in total. The van der Waals surface area contributed by atoms with Gasteiger partial charge in [-0.25, -0.2) is 4.98 Å². The number of anilines is 1. The van der Waals surface area contributed by atoms with Crippen molar-refractivity contribution in [3.63, 3.8) is 0 Å². The van der Waals surface area contributed by atoms with E-state index >= 15 is 0 Å². The monoisotopic (exact) mass is 431 g/mol. The molecule has 0 fully saturated rings. The van der Waals surface area contributed by atoms with Gasteiger partial charge in [0.2, 0.25) is 0 Å². The van der Waals surface area contributed by atoms with Crippen molar-refractivity contribution in [3.05, 3.63) is 70.2 Å². The van der Waals surface area contributed by atoms with Crippen LogP contribution < -0.4 is 14.8 Å². The first-order valence-electron chi connectivity index (χ1n) is 8.81. The van der Waals surface area contributed by atoms with Crippen LogP contribution >= 0.6 is 23.2 Å². The fourth-order valence-corrected chi connectivity index (χ4v) is 3.25. The second-order valence-corrected chi connectivity index (χ2v) is 7.29. The molecule has 0 spiro atoms. The van der Waals surface area contributed by atoms with Crippen molar-refractivity contribution in [3.8, 4) is 17.2 Å². The van der Waals surface area contributed by atoms with Crippen molar-refractivity contribution in [2.45, 2.75) is 19.8 Å². The molecule has 0 unspecified atom stereocenters. The van der Waals surface area contributed by atoms with Crippen LogP contribution in [0.15, 0.2) is 48.9 Å². The van der Waals surface area contributed by atoms with E-state index in [1.54, 1.807) is 25.3 Å². The van der Waals surface area contributed by atoms with Crippen LogP contribution in [0.2, 0.25) is 10.0 Å². The zero-order valence-electron chi connectivity index (χ0n) is 16.1. The third kappa shape index (κ3) is 4.96. The van der Waals surface area contributed by atoms with Gasteiger partial charge in [-0.3, -0.25) is 9.78 Å². The van der Waals surface area contributed by atoms with Gasteiger partial charge in [0, 0.05) is 23.6 Å². The summed E-state index contributed by atoms with van der Waals surface area (Å²) in [5.74, 6) is 1.49. The molecule has 6 nitrogen and oxygen atoms in total. The fraction of sp³-hybridized carbons (Fsp3) is 0.190. The van der Waals surface area contributed by atoms with E-state index < -0.39 is 5.91 Å². The molecule has 150 valence electrons. The molecule has 0 bridgehead atoms. The first kappa shape index (κ1) is 20.9. The van der Waals surface area contributed by atoms with Crippen molar-refractivity contribution in [2.75, 3.05) is 12.4 Å². The number of nitrogens with one attached hydrogen (secondary N) is 1. The first-order valence-corrected chi connectivity index (χ1v) is 9.56. The van der Waals surface area contributed by atoms with Crippen LogP contribution in [-0.2, 0) is 0 Å². The van der Waals surface area contributed by atoms with Gasteiger partial charge in [-0.2, -0.15) is 0 Å². The minimum Gasteiger partial charge on any atom is -0.496 e. The van der Waals surface area contributed by atoms with Crippen LogP contribution in [0, 0.1) is 0 Å². The van der Waals surface area contributed by atoms with E-state index in [-0.39, 0.29) is 21.7 Å². The normalized spacial score (nSPS) is 10.7. The summed E-state index contributed by atoms with van der Waals surface area (Å²) in [6, 6.07) is 8.62. The van der Waals surface area contributed by atoms with E-state index in [0.717, 1.165) is 11.3 Å². The lowest BCUT2D eigenvalue weighted by molar-refractivity contribution is 0.102. The Kier molecular flexibility index (Phi) is 6.56. The average Bonchev–Trinajstić information content (AvgIpc) is 2.71. The lowest BCUT2D eigenvalue weighted by Crippen LogP contribution is -2.13. The van der Waals surface area contributed by atoms with Gasteiger partial charge in [-0.15, -0.1) is 0 Å². The third-order valence-corrected chi connectivity index (χ3v) is 4.66. The molecule has 0 aliphatic heterocycles. The summed E-state index contributed by atoms with van der Waals surface area (Å²) < 4.78 is 11.3. The minimum atomic E-state index is -0.421. The van der Waals surface area contributed by atoms with Crippen molar-refractivity contribution >= 4 is 34.8 Å². The summed E-state index contributed by atoms with van der Waals surface area (Å²) in [6.07, 6.45) is 4.29. The number of benzene rings is 2. The lowest BCUT2D eigenvalue weighted by atomic mass is 10.0. The summed E-state index contributed by atoms with van der Waals surface area (Å²) >= 11 is 12.7. The summed E-state index contributed by atoms with van der Waals surface area (Å²) in [6.45, 7) is 4.13. The Balaban J connectivity index is 1.83. The number of nitrogens with zero attached hydrogens (tertiary/aromatic N) is 2. The van der Waals surface area contributed by atoms with Gasteiger partial charge in [0.05, 0.1) is 23.4 Å². The number of amides is 1. The molecule has 3 aromatic rings. The molecule has 0 radical (unpaired) electrons. The Morgan fingerprint density at radius 2 is 1.83 bits per heavy atom. The maximum Gasteiger partial charge on any atom is 0.275 e. The summed E-state index contributed by atoms with van der Waals surface area (Å²) in [4.78, 5) is 20.1. The van der Waals surface area contributed by atoms with Crippen LogP contribution in [0.4, 0.5) is 5.69 Å². The van der Waals surface area contributed by atoms with Crippen molar-refractivity contribution in [1.82, 2.24) is 9.97 Å². The highest BCUT2D eigenvalue weighted by Crippen LogP contribution is 2.40. The summed E-state index contributed by atoms with van der Waals surface area (Å²) in [7, 11) is 1.63. The molecule has 0 saturated carbocycles. The van der Waals surface area contributed by atoms with Crippen LogP contribution in [0.1, 0.15) is 35.8 Å². The van der Waals surface area contributed by atoms with Crippen LogP contribution in [0.25, 0.3) is 0 Å². The third-order valence-electron chi connectivity index (χ3n) is 4.10. The van der Waals surface area contributed by atoms with E-state index in [1.165, 1.54) is 18.6 Å². The summed E-state index contributed by atoms with van der Waals surface area (Å²) in [5.41, 5.74) is 1.60. The van der Waals surface area contributed by atoms with E-state index in [2.05, 4.69) is 29.1 Å². The first-order chi connectivity index (χ1) is 13.9. The summed E-state index contributed by atoms with van der Waals surface area (Å²) in [5, 5.41) is 3.20. The average molecular weight is 432 g/mol. The van der Waals surface area contributed by atoms with Crippen molar-refractivity contribution < 1.29 is 14.3 Å². The molecule has 1 heterocycles. The number of rotatable bonds is 6. The molecule has 8 heteroatoms. The van der Waals surface area contributed by atoms with E-state index in [0.29, 0.717) is 17.2 Å². The van der Waals surface area contributed by atoms with Gasteiger partial charge in [-0.05, 0) is 36.2 Å². The standard InChI is InChI=1S/C21H19Cl2N3O3/c1-12(2)15-10-14(4-5-19(15)28-3)29-20-16(22)8-13(9-17(20)23)26-21(27)18-11-24-6-7-25-18/h4-12H,1-3H3,(H,26,27). The number of hydrogen-bond donors (Lipinski definition) is 1. The molecule has 1 aromatic heterocycles. The number of carbonyl (C=O) groups is 1. The number of hydrogen-bond acceptors (Lipinski definition) is 5. The van der Waals surface area contributed by atoms with Gasteiger partial charge < -0.3 is 14.8 Å². The van der Waals surface area contributed by atoms with E-state index in [1.807, 2.05) is 12.1 Å². The highest BCUT2D eigenvalue weighted by atomic mass is 35.5. The van der Waals surface area contributed by atoms with Crippen LogP contribution in [-0.4, -0.2) is 23.0 Å². The maximum atomic E-state index is 12.2. The number of ether oxygens (including phenoxy) is 2. The number of aromatic nitrogens is 2. The molecule has 1 amide bonds. The molecule has 0 atom stereocenters. The minimum absolute atomic E-state index is 0.180. The quantitative estimate of drug-likeness (QED) is 0.520. The Bertz CT molecular complexity index is 1000. The molecular weight excluding hydrogens is 413 g/mol. The van der Waals surface area contributed by atoms with Gasteiger partial charge in [0.25, 0.3) is 5.91 Å². The second kappa shape index (κ2) is 9.11. The van der Waals surface area contributed by atoms with E-state index in [4.69, 9.17) is 32.7 Å². The fourth-order valence-electron chi connectivity index (χ4n) is 2.69. The molecule has 0 aliphatic rings. The van der Waals surface area contributed by atoms with Crippen LogP contribution in [0.5, 0.6) is 17.2 Å². The van der Waals surface area contributed by atoms with Crippen molar-refractivity contribution in [1.29, 1.82) is 0 Å². The zero-order valence-corrected chi connectivity index (χ0v) is 17.6. The van der Waals surface area contributed by atoms with Gasteiger partial charge in [0.1, 0.15) is 17.2 Å². The van der Waals surface area contributed by atoms with Gasteiger partial charge in [0.15, 0.2) is 5.75 Å². The topological polar surface area (TPSA) is 73.3 Å². The molecule has 0 saturated heterocycles. The SMILES string of the molecule is COc1ccc(Oc2c(Cl)cc(NC(=O)c3cnccn3)cc2Cl)cc1C(C)C. The Hall–Kier alpha value is -2.83. The maximum absolute atomic E-state index is 12.2. The van der Waals surface area contributed by atoms with Gasteiger partial charge >= 0.3 is 0 Å². The zero-order chi connectivity index (χ0) is 21.0. The molecule has 3 rings (SSSR count). The lowest BCUT2D eigenvalue weighted by Gasteiger charge is -2.16. The predicted molar refractivity (Wildman–Crippen MR) is 114 cm³/mol. The van der Waals surface area contributed by atoms with E-state index in [9.17, 15) is 4.79 Å². The largest absolute Gasteiger partial charge is 0.496 e. The molecule has 0 aliphatic carbocycles. The number of carbonyl (C=O) groups excluding carboxylic acids is 1. The second-order valence-electron chi connectivity index (χ2n) is 6.47. The molecular formula is C21H19Cl2N3O3. The predicted octanol–water partition coefficient (Wildman–Crippen LogP) is 5.96. The Morgan fingerprint density at radius 1 is 1.10 bits per heavy atom. The molecule has 29 heavy (non-hydrogen) atoms. The van der Waals surface area contributed by atoms with Crippen molar-refractivity contribution in [2.24, 2.45) is 0 Å². The highest BCUT2D eigenvalue weighted by molar-refractivity contribution is 6.37. The van der Waals surface area contributed by atoms with Crippen LogP contribution in [0.3, 0.4) is 0 Å². The Morgan fingerprint density at radius 3 is 2.41 bits per heavy atom. The smallest absolute Gasteiger partial charge is 0.275 e. The number of halogens is 2. The number of methoxy groups -OCH3 is 1.